The van der Waals surface area contributed by atoms with Crippen molar-refractivity contribution in [3.05, 3.63) is 0 Å². The number of esters is 1. The summed E-state index contributed by atoms with van der Waals surface area (Å²) < 4.78 is 5.44. The van der Waals surface area contributed by atoms with E-state index in [0.29, 0.717) is 6.42 Å². The largest absolute Gasteiger partial charge is 0.459 e. The van der Waals surface area contributed by atoms with Crippen LogP contribution in [-0.4, -0.2) is 62.7 Å². The van der Waals surface area contributed by atoms with Crippen molar-refractivity contribution < 1.29 is 34.8 Å². The van der Waals surface area contributed by atoms with Gasteiger partial charge in [-0.1, -0.05) is 34.6 Å². The van der Waals surface area contributed by atoms with E-state index in [2.05, 4.69) is 0 Å². The van der Waals surface area contributed by atoms with Gasteiger partial charge in [-0.2, -0.15) is 0 Å². The van der Waals surface area contributed by atoms with E-state index < -0.39 is 66.1 Å². The third-order valence-corrected chi connectivity index (χ3v) is 6.50. The Labute approximate surface area is 168 Å². The van der Waals surface area contributed by atoms with E-state index in [1.807, 2.05) is 0 Å². The van der Waals surface area contributed by atoms with Gasteiger partial charge in [0.05, 0.1) is 30.3 Å². The van der Waals surface area contributed by atoms with Gasteiger partial charge < -0.3 is 25.2 Å². The Hall–Kier alpha value is -1.02. The molecule has 4 N–H and O–H groups in total. The van der Waals surface area contributed by atoms with E-state index in [1.165, 1.54) is 13.8 Å². The molecule has 0 aromatic carbocycles. The fourth-order valence-electron chi connectivity index (χ4n) is 4.28. The molecule has 0 saturated carbocycles. The molecule has 28 heavy (non-hydrogen) atoms. The highest BCUT2D eigenvalue weighted by Gasteiger charge is 2.41. The van der Waals surface area contributed by atoms with E-state index >= 15 is 0 Å². The van der Waals surface area contributed by atoms with E-state index in [-0.39, 0.29) is 11.7 Å². The molecule has 0 radical (unpaired) electrons. The van der Waals surface area contributed by atoms with Crippen LogP contribution in [0, 0.1) is 35.5 Å². The number of aliphatic hydroxyl groups is 4. The molecular formula is C21H38O7. The molecule has 7 heteroatoms. The summed E-state index contributed by atoms with van der Waals surface area (Å²) in [6.07, 6.45) is -4.84. The minimum atomic E-state index is -1.15. The van der Waals surface area contributed by atoms with Crippen molar-refractivity contribution in [1.82, 2.24) is 0 Å². The first-order chi connectivity index (χ1) is 12.8. The Morgan fingerprint density at radius 3 is 1.86 bits per heavy atom. The molecule has 7 nitrogen and oxygen atoms in total. The lowest BCUT2D eigenvalue weighted by Gasteiger charge is -2.36. The van der Waals surface area contributed by atoms with Gasteiger partial charge in [-0.15, -0.1) is 0 Å². The molecule has 0 aromatic heterocycles. The van der Waals surface area contributed by atoms with E-state index in [4.69, 9.17) is 4.74 Å². The van der Waals surface area contributed by atoms with Gasteiger partial charge in [-0.25, -0.2) is 0 Å². The lowest BCUT2D eigenvalue weighted by atomic mass is 9.77. The predicted molar refractivity (Wildman–Crippen MR) is 104 cm³/mol. The Morgan fingerprint density at radius 2 is 1.36 bits per heavy atom. The summed E-state index contributed by atoms with van der Waals surface area (Å²) in [5.74, 6) is -4.43. The van der Waals surface area contributed by atoms with Crippen molar-refractivity contribution in [2.75, 3.05) is 0 Å². The van der Waals surface area contributed by atoms with Crippen molar-refractivity contribution >= 4 is 11.8 Å². The van der Waals surface area contributed by atoms with Gasteiger partial charge in [-0.3, -0.25) is 9.59 Å². The Balaban J connectivity index is 3.29. The monoisotopic (exact) mass is 402 g/mol. The lowest BCUT2D eigenvalue weighted by molar-refractivity contribution is -0.174. The molecule has 0 amide bonds. The summed E-state index contributed by atoms with van der Waals surface area (Å²) in [4.78, 5) is 25.4. The molecule has 0 bridgehead atoms. The van der Waals surface area contributed by atoms with Crippen LogP contribution in [0.4, 0.5) is 0 Å². The summed E-state index contributed by atoms with van der Waals surface area (Å²) in [7, 11) is 0. The third kappa shape index (κ3) is 5.53. The van der Waals surface area contributed by atoms with Crippen LogP contribution in [0.15, 0.2) is 0 Å². The summed E-state index contributed by atoms with van der Waals surface area (Å²) in [6.45, 7) is 11.5. The number of Topliss-reactive ketones (excluding diaryl/α,β-unsaturated/α-hetero) is 1. The number of rotatable bonds is 1. The normalized spacial score (nSPS) is 45.8. The number of carbonyl (C=O) groups is 2. The number of hydrogen-bond donors (Lipinski definition) is 4. The molecule has 1 rings (SSSR count). The van der Waals surface area contributed by atoms with Crippen molar-refractivity contribution in [3.8, 4) is 0 Å². The molecule has 0 aliphatic carbocycles. The molecule has 1 saturated heterocycles. The Morgan fingerprint density at radius 1 is 0.857 bits per heavy atom. The second-order valence-corrected chi connectivity index (χ2v) is 8.93. The zero-order valence-corrected chi connectivity index (χ0v) is 18.1. The standard InChI is InChI=1S/C21H38O7/c1-9-8-10(2)17(24)12(4)19(26)14(6)21(27)28-20(15(7)22)13(5)18(25)11(3)16(9)23/h9-15,17-20,22,24-26H,8H2,1-7H3/t9-,10+,11+,12-,13-,14-,15?,17+,18-,19+,20+/m1/s1. The van der Waals surface area contributed by atoms with Crippen LogP contribution >= 0.6 is 0 Å². The van der Waals surface area contributed by atoms with Crippen molar-refractivity contribution in [2.45, 2.75) is 85.4 Å². The van der Waals surface area contributed by atoms with Gasteiger partial charge in [0.25, 0.3) is 0 Å². The Bertz CT molecular complexity index is 535. The summed E-state index contributed by atoms with van der Waals surface area (Å²) in [5, 5.41) is 42.0. The summed E-state index contributed by atoms with van der Waals surface area (Å²) >= 11 is 0. The number of aliphatic hydroxyl groups excluding tert-OH is 4. The van der Waals surface area contributed by atoms with Gasteiger partial charge in [0.1, 0.15) is 11.9 Å². The minimum absolute atomic E-state index is 0.146. The summed E-state index contributed by atoms with van der Waals surface area (Å²) in [5.41, 5.74) is 0. The van der Waals surface area contributed by atoms with Crippen molar-refractivity contribution in [3.63, 3.8) is 0 Å². The third-order valence-electron chi connectivity index (χ3n) is 6.50. The number of ketones is 1. The quantitative estimate of drug-likeness (QED) is 0.485. The van der Waals surface area contributed by atoms with Crippen LogP contribution in [0.3, 0.4) is 0 Å². The van der Waals surface area contributed by atoms with Crippen molar-refractivity contribution in [2.24, 2.45) is 35.5 Å². The fourth-order valence-corrected chi connectivity index (χ4v) is 4.28. The number of cyclic esters (lactones) is 1. The summed E-state index contributed by atoms with van der Waals surface area (Å²) in [6, 6.07) is 0. The zero-order chi connectivity index (χ0) is 21.9. The van der Waals surface area contributed by atoms with Gasteiger partial charge in [-0.05, 0) is 26.2 Å². The molecule has 0 aromatic rings. The molecule has 0 spiro atoms. The first kappa shape index (κ1) is 25.0. The second-order valence-electron chi connectivity index (χ2n) is 8.93. The molecule has 1 aliphatic rings. The number of carbonyl (C=O) groups excluding carboxylic acids is 2. The maximum Gasteiger partial charge on any atom is 0.311 e. The molecule has 1 heterocycles. The zero-order valence-electron chi connectivity index (χ0n) is 18.1. The average molecular weight is 403 g/mol. The lowest BCUT2D eigenvalue weighted by Crippen LogP contribution is -2.48. The molecule has 1 unspecified atom stereocenters. The van der Waals surface area contributed by atoms with Crippen molar-refractivity contribution in [1.29, 1.82) is 0 Å². The van der Waals surface area contributed by atoms with Gasteiger partial charge in [0, 0.05) is 23.7 Å². The highest BCUT2D eigenvalue weighted by molar-refractivity contribution is 5.83. The highest BCUT2D eigenvalue weighted by Crippen LogP contribution is 2.31. The van der Waals surface area contributed by atoms with Crippen LogP contribution in [-0.2, 0) is 14.3 Å². The minimum Gasteiger partial charge on any atom is -0.459 e. The fraction of sp³-hybridized carbons (Fsp3) is 0.905. The number of ether oxygens (including phenoxy) is 1. The van der Waals surface area contributed by atoms with Gasteiger partial charge in [0.2, 0.25) is 0 Å². The van der Waals surface area contributed by atoms with Crippen LogP contribution in [0.1, 0.15) is 54.9 Å². The first-order valence-electron chi connectivity index (χ1n) is 10.3. The molecular weight excluding hydrogens is 364 g/mol. The van der Waals surface area contributed by atoms with Gasteiger partial charge in [0.15, 0.2) is 0 Å². The van der Waals surface area contributed by atoms with E-state index in [9.17, 15) is 30.0 Å². The number of hydrogen-bond acceptors (Lipinski definition) is 7. The van der Waals surface area contributed by atoms with Crippen LogP contribution in [0.25, 0.3) is 0 Å². The topological polar surface area (TPSA) is 124 Å². The molecule has 164 valence electrons. The van der Waals surface area contributed by atoms with Crippen LogP contribution < -0.4 is 0 Å². The van der Waals surface area contributed by atoms with E-state index in [0.717, 1.165) is 0 Å². The highest BCUT2D eigenvalue weighted by atomic mass is 16.6. The molecule has 11 atom stereocenters. The van der Waals surface area contributed by atoms with Crippen LogP contribution in [0.2, 0.25) is 0 Å². The second kappa shape index (κ2) is 10.1. The smallest absolute Gasteiger partial charge is 0.311 e. The predicted octanol–water partition coefficient (Wildman–Crippen LogP) is 1.15. The van der Waals surface area contributed by atoms with Gasteiger partial charge >= 0.3 is 5.97 Å². The first-order valence-corrected chi connectivity index (χ1v) is 10.3. The maximum atomic E-state index is 12.8. The SMILES string of the molecule is CC(O)[C@H]1OC(=O)[C@H](C)[C@@H](O)[C@H](C)[C@@H](O)[C@@H](C)C[C@@H](C)C(=O)[C@H](C)[C@@H](O)[C@H]1C. The maximum absolute atomic E-state index is 12.8. The van der Waals surface area contributed by atoms with Crippen LogP contribution in [0.5, 0.6) is 0 Å². The molecule has 1 aliphatic heterocycles. The molecule has 1 fully saturated rings. The Kier molecular flexibility index (Phi) is 9.06. The average Bonchev–Trinajstić information content (AvgIpc) is 2.65. The van der Waals surface area contributed by atoms with E-state index in [1.54, 1.807) is 34.6 Å².